The van der Waals surface area contributed by atoms with Crippen LogP contribution in [-0.4, -0.2) is 28.8 Å². The first-order valence-electron chi connectivity index (χ1n) is 9.22. The zero-order valence-electron chi connectivity index (χ0n) is 16.4. The monoisotopic (exact) mass is 393 g/mol. The summed E-state index contributed by atoms with van der Waals surface area (Å²) in [5, 5.41) is 7.20. The van der Waals surface area contributed by atoms with Gasteiger partial charge in [-0.25, -0.2) is 4.68 Å². The van der Waals surface area contributed by atoms with Crippen LogP contribution in [0.4, 0.5) is 0 Å². The number of hydrogen-bond acceptors (Lipinski definition) is 5. The predicted molar refractivity (Wildman–Crippen MR) is 108 cm³/mol. The van der Waals surface area contributed by atoms with Crippen LogP contribution in [0.15, 0.2) is 66.9 Å². The Morgan fingerprint density at radius 2 is 1.79 bits per heavy atom. The molecule has 29 heavy (non-hydrogen) atoms. The number of nitrogens with one attached hydrogen (secondary N) is 1. The minimum Gasteiger partial charge on any atom is -0.497 e. The summed E-state index contributed by atoms with van der Waals surface area (Å²) in [4.78, 5) is 23.9. The van der Waals surface area contributed by atoms with E-state index in [1.807, 2.05) is 48.7 Å². The fourth-order valence-electron chi connectivity index (χ4n) is 2.88. The van der Waals surface area contributed by atoms with Gasteiger partial charge in [-0.3, -0.25) is 9.59 Å². The minimum atomic E-state index is -0.479. The van der Waals surface area contributed by atoms with Crippen molar-refractivity contribution in [1.29, 1.82) is 0 Å². The third-order valence-corrected chi connectivity index (χ3v) is 4.31. The van der Waals surface area contributed by atoms with E-state index < -0.39 is 12.0 Å². The summed E-state index contributed by atoms with van der Waals surface area (Å²) in [6.45, 7) is 1.48. The molecule has 7 heteroatoms. The number of aromatic nitrogens is 2. The van der Waals surface area contributed by atoms with Gasteiger partial charge in [0.25, 0.3) is 0 Å². The maximum Gasteiger partial charge on any atom is 0.308 e. The molecule has 1 unspecified atom stereocenters. The van der Waals surface area contributed by atoms with Crippen molar-refractivity contribution in [3.05, 3.63) is 78.1 Å². The van der Waals surface area contributed by atoms with Crippen LogP contribution in [0.25, 0.3) is 5.69 Å². The average molecular weight is 393 g/mol. The Bertz CT molecular complexity index is 952. The van der Waals surface area contributed by atoms with Gasteiger partial charge in [0.15, 0.2) is 0 Å². The third kappa shape index (κ3) is 5.68. The number of hydrogen-bond donors (Lipinski definition) is 1. The Balaban J connectivity index is 1.60. The number of para-hydroxylation sites is 1. The van der Waals surface area contributed by atoms with Gasteiger partial charge in [0.05, 0.1) is 25.3 Å². The van der Waals surface area contributed by atoms with E-state index >= 15 is 0 Å². The number of amides is 1. The first kappa shape index (κ1) is 20.1. The highest BCUT2D eigenvalue weighted by Crippen LogP contribution is 2.21. The fourth-order valence-corrected chi connectivity index (χ4v) is 2.88. The molecule has 1 amide bonds. The van der Waals surface area contributed by atoms with Crippen molar-refractivity contribution >= 4 is 11.9 Å². The van der Waals surface area contributed by atoms with Crippen LogP contribution in [0.3, 0.4) is 0 Å². The standard InChI is InChI=1S/C22H23N3O4/c1-16(26)23-21(17-8-10-20(28-2)11-9-17)14-22(27)29-15-18-12-13-25(24-18)19-6-4-3-5-7-19/h3-13,21H,14-15H2,1-2H3,(H,23,26). The van der Waals surface area contributed by atoms with E-state index in [0.29, 0.717) is 11.4 Å². The molecule has 1 atom stereocenters. The average Bonchev–Trinajstić information content (AvgIpc) is 3.21. The Morgan fingerprint density at radius 1 is 1.07 bits per heavy atom. The van der Waals surface area contributed by atoms with E-state index in [4.69, 9.17) is 9.47 Å². The van der Waals surface area contributed by atoms with E-state index in [0.717, 1.165) is 11.3 Å². The molecule has 0 saturated heterocycles. The van der Waals surface area contributed by atoms with Gasteiger partial charge in [-0.1, -0.05) is 30.3 Å². The lowest BCUT2D eigenvalue weighted by Crippen LogP contribution is -2.28. The van der Waals surface area contributed by atoms with Gasteiger partial charge >= 0.3 is 5.97 Å². The number of rotatable bonds is 8. The number of carbonyl (C=O) groups is 2. The highest BCUT2D eigenvalue weighted by Gasteiger charge is 2.18. The zero-order valence-corrected chi connectivity index (χ0v) is 16.4. The van der Waals surface area contributed by atoms with Crippen molar-refractivity contribution in [3.63, 3.8) is 0 Å². The van der Waals surface area contributed by atoms with Crippen LogP contribution in [0.5, 0.6) is 5.75 Å². The Kier molecular flexibility index (Phi) is 6.63. The molecule has 0 aliphatic heterocycles. The van der Waals surface area contributed by atoms with Crippen molar-refractivity contribution in [2.24, 2.45) is 0 Å². The SMILES string of the molecule is COc1ccc(C(CC(=O)OCc2ccn(-c3ccccc3)n2)NC(C)=O)cc1. The quantitative estimate of drug-likeness (QED) is 0.595. The molecular weight excluding hydrogens is 370 g/mol. The Morgan fingerprint density at radius 3 is 2.45 bits per heavy atom. The largest absolute Gasteiger partial charge is 0.497 e. The topological polar surface area (TPSA) is 82.4 Å². The van der Waals surface area contributed by atoms with Gasteiger partial charge < -0.3 is 14.8 Å². The second-order valence-electron chi connectivity index (χ2n) is 6.48. The molecule has 0 fully saturated rings. The number of carbonyl (C=O) groups excluding carboxylic acids is 2. The molecular formula is C22H23N3O4. The number of nitrogens with zero attached hydrogens (tertiary/aromatic N) is 2. The Labute approximate surface area is 169 Å². The zero-order chi connectivity index (χ0) is 20.6. The number of benzene rings is 2. The lowest BCUT2D eigenvalue weighted by atomic mass is 10.0. The number of methoxy groups -OCH3 is 1. The second kappa shape index (κ2) is 9.54. The highest BCUT2D eigenvalue weighted by molar-refractivity contribution is 5.76. The fraction of sp³-hybridized carbons (Fsp3) is 0.227. The molecule has 0 bridgehead atoms. The maximum absolute atomic E-state index is 12.3. The van der Waals surface area contributed by atoms with Crippen LogP contribution < -0.4 is 10.1 Å². The molecule has 3 aromatic rings. The molecule has 3 rings (SSSR count). The van der Waals surface area contributed by atoms with E-state index in [2.05, 4.69) is 10.4 Å². The summed E-state index contributed by atoms with van der Waals surface area (Å²) in [5.74, 6) is 0.0564. The van der Waals surface area contributed by atoms with E-state index in [1.54, 1.807) is 30.0 Å². The van der Waals surface area contributed by atoms with E-state index in [9.17, 15) is 9.59 Å². The predicted octanol–water partition coefficient (Wildman–Crippen LogP) is 3.19. The number of esters is 1. The first-order chi connectivity index (χ1) is 14.0. The van der Waals surface area contributed by atoms with E-state index in [1.165, 1.54) is 6.92 Å². The number of ether oxygens (including phenoxy) is 2. The molecule has 1 N–H and O–H groups in total. The van der Waals surface area contributed by atoms with Crippen molar-refractivity contribution < 1.29 is 19.1 Å². The van der Waals surface area contributed by atoms with Gasteiger partial charge in [0.1, 0.15) is 18.1 Å². The molecule has 0 aliphatic carbocycles. The third-order valence-electron chi connectivity index (χ3n) is 4.31. The lowest BCUT2D eigenvalue weighted by molar-refractivity contribution is -0.145. The maximum atomic E-state index is 12.3. The summed E-state index contributed by atoms with van der Waals surface area (Å²) < 4.78 is 12.2. The van der Waals surface area contributed by atoms with Crippen molar-refractivity contribution in [2.45, 2.75) is 26.0 Å². The van der Waals surface area contributed by atoms with Crippen molar-refractivity contribution in [3.8, 4) is 11.4 Å². The summed E-state index contributed by atoms with van der Waals surface area (Å²) in [5.41, 5.74) is 2.37. The molecule has 1 aromatic heterocycles. The van der Waals surface area contributed by atoms with E-state index in [-0.39, 0.29) is 18.9 Å². The van der Waals surface area contributed by atoms with Gasteiger partial charge in [-0.2, -0.15) is 5.10 Å². The molecule has 150 valence electrons. The van der Waals surface area contributed by atoms with Crippen LogP contribution in [-0.2, 0) is 20.9 Å². The molecule has 2 aromatic carbocycles. The molecule has 0 radical (unpaired) electrons. The van der Waals surface area contributed by atoms with Crippen LogP contribution in [0.1, 0.15) is 30.6 Å². The summed E-state index contributed by atoms with van der Waals surface area (Å²) in [6, 6.07) is 18.2. The van der Waals surface area contributed by atoms with Gasteiger partial charge in [0, 0.05) is 13.1 Å². The highest BCUT2D eigenvalue weighted by atomic mass is 16.5. The molecule has 0 saturated carbocycles. The first-order valence-corrected chi connectivity index (χ1v) is 9.22. The van der Waals surface area contributed by atoms with Crippen LogP contribution >= 0.6 is 0 Å². The van der Waals surface area contributed by atoms with Crippen molar-refractivity contribution in [1.82, 2.24) is 15.1 Å². The van der Waals surface area contributed by atoms with Gasteiger partial charge in [0.2, 0.25) is 5.91 Å². The molecule has 0 aliphatic rings. The van der Waals surface area contributed by atoms with Gasteiger partial charge in [-0.05, 0) is 35.9 Å². The summed E-state index contributed by atoms with van der Waals surface area (Å²) in [6.07, 6.45) is 1.83. The Hall–Kier alpha value is -3.61. The van der Waals surface area contributed by atoms with Gasteiger partial charge in [-0.15, -0.1) is 0 Å². The van der Waals surface area contributed by atoms with Crippen LogP contribution in [0, 0.1) is 0 Å². The van der Waals surface area contributed by atoms with Crippen molar-refractivity contribution in [2.75, 3.05) is 7.11 Å². The summed E-state index contributed by atoms with van der Waals surface area (Å²) in [7, 11) is 1.58. The second-order valence-corrected chi connectivity index (χ2v) is 6.48. The normalized spacial score (nSPS) is 11.5. The molecule has 0 spiro atoms. The molecule has 7 nitrogen and oxygen atoms in total. The lowest BCUT2D eigenvalue weighted by Gasteiger charge is -2.18. The minimum absolute atomic E-state index is 0.0191. The smallest absolute Gasteiger partial charge is 0.308 e. The summed E-state index contributed by atoms with van der Waals surface area (Å²) >= 11 is 0. The van der Waals surface area contributed by atoms with Crippen LogP contribution in [0.2, 0.25) is 0 Å². The molecule has 1 heterocycles.